The number of aryl methyl sites for hydroxylation is 2. The van der Waals surface area contributed by atoms with Crippen LogP contribution in [0.3, 0.4) is 0 Å². The molecule has 0 spiro atoms. The van der Waals surface area contributed by atoms with E-state index < -0.39 is 6.04 Å². The molecule has 1 aromatic carbocycles. The van der Waals surface area contributed by atoms with Gasteiger partial charge in [0.25, 0.3) is 0 Å². The van der Waals surface area contributed by atoms with E-state index in [2.05, 4.69) is 10.3 Å². The Morgan fingerprint density at radius 3 is 2.76 bits per heavy atom. The number of aromatic nitrogens is 1. The van der Waals surface area contributed by atoms with Gasteiger partial charge >= 0.3 is 0 Å². The fourth-order valence-corrected chi connectivity index (χ4v) is 2.09. The average molecular weight is 283 g/mol. The van der Waals surface area contributed by atoms with Gasteiger partial charge in [-0.05, 0) is 42.5 Å². The van der Waals surface area contributed by atoms with E-state index >= 15 is 0 Å². The van der Waals surface area contributed by atoms with Crippen LogP contribution in [0.5, 0.6) is 0 Å². The largest absolute Gasteiger partial charge is 0.351 e. The van der Waals surface area contributed by atoms with E-state index in [-0.39, 0.29) is 5.91 Å². The van der Waals surface area contributed by atoms with Crippen molar-refractivity contribution in [1.82, 2.24) is 10.3 Å². The van der Waals surface area contributed by atoms with Crippen LogP contribution in [0.4, 0.5) is 0 Å². The minimum atomic E-state index is -0.484. The molecular formula is C17H21N3O. The van der Waals surface area contributed by atoms with Crippen LogP contribution in [0.1, 0.15) is 23.1 Å². The molecule has 0 aliphatic carbocycles. The van der Waals surface area contributed by atoms with E-state index in [1.165, 1.54) is 5.56 Å². The first kappa shape index (κ1) is 15.2. The Morgan fingerprint density at radius 1 is 1.29 bits per heavy atom. The summed E-state index contributed by atoms with van der Waals surface area (Å²) in [6.45, 7) is 2.47. The number of hydrogen-bond acceptors (Lipinski definition) is 3. The third kappa shape index (κ3) is 4.68. The number of nitrogens with one attached hydrogen (secondary N) is 1. The normalized spacial score (nSPS) is 11.9. The van der Waals surface area contributed by atoms with Crippen molar-refractivity contribution >= 4 is 5.91 Å². The number of amides is 1. The third-order valence-electron chi connectivity index (χ3n) is 3.52. The Balaban J connectivity index is 1.79. The summed E-state index contributed by atoms with van der Waals surface area (Å²) >= 11 is 0. The fourth-order valence-electron chi connectivity index (χ4n) is 2.09. The first-order valence-corrected chi connectivity index (χ1v) is 7.13. The molecule has 1 amide bonds. The lowest BCUT2D eigenvalue weighted by molar-refractivity contribution is -0.122. The number of pyridine rings is 1. The molecular weight excluding hydrogens is 262 g/mol. The Labute approximate surface area is 125 Å². The van der Waals surface area contributed by atoms with Crippen molar-refractivity contribution in [2.24, 2.45) is 5.73 Å². The van der Waals surface area contributed by atoms with Gasteiger partial charge in [0, 0.05) is 18.9 Å². The van der Waals surface area contributed by atoms with Gasteiger partial charge in [-0.15, -0.1) is 0 Å². The number of carbonyl (C=O) groups is 1. The summed E-state index contributed by atoms with van der Waals surface area (Å²) in [6.07, 6.45) is 4.96. The molecule has 1 heterocycles. The third-order valence-corrected chi connectivity index (χ3v) is 3.52. The van der Waals surface area contributed by atoms with Gasteiger partial charge in [0.15, 0.2) is 0 Å². The van der Waals surface area contributed by atoms with Gasteiger partial charge in [0.1, 0.15) is 0 Å². The molecule has 4 heteroatoms. The van der Waals surface area contributed by atoms with E-state index in [0.29, 0.717) is 13.0 Å². The van der Waals surface area contributed by atoms with Crippen LogP contribution >= 0.6 is 0 Å². The molecule has 3 N–H and O–H groups in total. The molecule has 0 radical (unpaired) electrons. The lowest BCUT2D eigenvalue weighted by atomic mass is 10.1. The average Bonchev–Trinajstić information content (AvgIpc) is 2.52. The van der Waals surface area contributed by atoms with Gasteiger partial charge in [-0.25, -0.2) is 0 Å². The van der Waals surface area contributed by atoms with Crippen LogP contribution in [-0.2, 0) is 17.8 Å². The Morgan fingerprint density at radius 2 is 2.05 bits per heavy atom. The maximum Gasteiger partial charge on any atom is 0.237 e. The van der Waals surface area contributed by atoms with Crippen LogP contribution in [-0.4, -0.2) is 16.9 Å². The van der Waals surface area contributed by atoms with Gasteiger partial charge in [0.05, 0.1) is 6.04 Å². The second kappa shape index (κ2) is 7.55. The van der Waals surface area contributed by atoms with E-state index in [1.54, 1.807) is 12.4 Å². The summed E-state index contributed by atoms with van der Waals surface area (Å²) in [4.78, 5) is 16.1. The Kier molecular flexibility index (Phi) is 5.46. The molecule has 0 bridgehead atoms. The maximum absolute atomic E-state index is 12.0. The molecule has 1 atom stereocenters. The lowest BCUT2D eigenvalue weighted by Crippen LogP contribution is -2.40. The highest BCUT2D eigenvalue weighted by Crippen LogP contribution is 2.06. The number of rotatable bonds is 6. The number of carbonyl (C=O) groups excluding carboxylic acids is 1. The van der Waals surface area contributed by atoms with Crippen molar-refractivity contribution in [1.29, 1.82) is 0 Å². The highest BCUT2D eigenvalue weighted by atomic mass is 16.2. The van der Waals surface area contributed by atoms with Crippen LogP contribution in [0.25, 0.3) is 0 Å². The molecule has 0 aliphatic rings. The van der Waals surface area contributed by atoms with E-state index in [9.17, 15) is 4.79 Å². The Hall–Kier alpha value is -2.20. The minimum absolute atomic E-state index is 0.116. The first-order chi connectivity index (χ1) is 10.2. The second-order valence-electron chi connectivity index (χ2n) is 5.15. The van der Waals surface area contributed by atoms with Crippen LogP contribution in [0, 0.1) is 6.92 Å². The number of nitrogens with zero attached hydrogens (tertiary/aromatic N) is 1. The van der Waals surface area contributed by atoms with Crippen LogP contribution < -0.4 is 11.1 Å². The molecule has 2 rings (SSSR count). The van der Waals surface area contributed by atoms with Crippen molar-refractivity contribution in [2.75, 3.05) is 0 Å². The Bertz CT molecular complexity index is 584. The highest BCUT2D eigenvalue weighted by Gasteiger charge is 2.13. The summed E-state index contributed by atoms with van der Waals surface area (Å²) in [5.41, 5.74) is 9.27. The van der Waals surface area contributed by atoms with Crippen LogP contribution in [0.2, 0.25) is 0 Å². The summed E-state index contributed by atoms with van der Waals surface area (Å²) in [5.74, 6) is -0.116. The highest BCUT2D eigenvalue weighted by molar-refractivity contribution is 5.81. The van der Waals surface area contributed by atoms with E-state index in [0.717, 1.165) is 17.5 Å². The van der Waals surface area contributed by atoms with Crippen molar-refractivity contribution in [3.05, 3.63) is 65.5 Å². The number of nitrogens with two attached hydrogens (primary N) is 1. The van der Waals surface area contributed by atoms with E-state index in [4.69, 9.17) is 5.73 Å². The molecule has 0 saturated carbocycles. The van der Waals surface area contributed by atoms with Crippen molar-refractivity contribution in [2.45, 2.75) is 32.4 Å². The van der Waals surface area contributed by atoms with Crippen LogP contribution in [0.15, 0.2) is 48.8 Å². The first-order valence-electron chi connectivity index (χ1n) is 7.13. The van der Waals surface area contributed by atoms with Crippen molar-refractivity contribution in [3.63, 3.8) is 0 Å². The molecule has 110 valence electrons. The fraction of sp³-hybridized carbons (Fsp3) is 0.294. The predicted molar refractivity (Wildman–Crippen MR) is 83.6 cm³/mol. The lowest BCUT2D eigenvalue weighted by Gasteiger charge is -2.13. The zero-order valence-corrected chi connectivity index (χ0v) is 12.3. The topological polar surface area (TPSA) is 68.0 Å². The summed E-state index contributed by atoms with van der Waals surface area (Å²) in [7, 11) is 0. The molecule has 0 aliphatic heterocycles. The molecule has 2 aromatic rings. The van der Waals surface area contributed by atoms with E-state index in [1.807, 2.05) is 43.3 Å². The van der Waals surface area contributed by atoms with Crippen molar-refractivity contribution < 1.29 is 4.79 Å². The smallest absolute Gasteiger partial charge is 0.237 e. The summed E-state index contributed by atoms with van der Waals surface area (Å²) in [6, 6.07) is 11.5. The second-order valence-corrected chi connectivity index (χ2v) is 5.15. The van der Waals surface area contributed by atoms with Gasteiger partial charge < -0.3 is 11.1 Å². The maximum atomic E-state index is 12.0. The summed E-state index contributed by atoms with van der Waals surface area (Å²) in [5, 5.41) is 2.87. The van der Waals surface area contributed by atoms with Gasteiger partial charge in [-0.3, -0.25) is 9.78 Å². The molecule has 0 saturated heterocycles. The van der Waals surface area contributed by atoms with Gasteiger partial charge in [-0.1, -0.05) is 30.3 Å². The van der Waals surface area contributed by atoms with Gasteiger partial charge in [0.2, 0.25) is 5.91 Å². The molecule has 1 unspecified atom stereocenters. The molecule has 21 heavy (non-hydrogen) atoms. The monoisotopic (exact) mass is 283 g/mol. The van der Waals surface area contributed by atoms with Gasteiger partial charge in [-0.2, -0.15) is 0 Å². The SMILES string of the molecule is Cc1ccncc1CNC(=O)C(N)CCc1ccccc1. The number of hydrogen-bond donors (Lipinski definition) is 2. The molecule has 0 fully saturated rings. The standard InChI is InChI=1S/C17H21N3O/c1-13-9-10-19-11-15(13)12-20-17(21)16(18)8-7-14-5-3-2-4-6-14/h2-6,9-11,16H,7-8,12,18H2,1H3,(H,20,21). The summed E-state index contributed by atoms with van der Waals surface area (Å²) < 4.78 is 0. The van der Waals surface area contributed by atoms with Crippen molar-refractivity contribution in [3.8, 4) is 0 Å². The number of benzene rings is 1. The zero-order valence-electron chi connectivity index (χ0n) is 12.3. The predicted octanol–water partition coefficient (Wildman–Crippen LogP) is 1.97. The minimum Gasteiger partial charge on any atom is -0.351 e. The molecule has 4 nitrogen and oxygen atoms in total. The quantitative estimate of drug-likeness (QED) is 0.851. The zero-order chi connectivity index (χ0) is 15.1. The molecule has 1 aromatic heterocycles.